The van der Waals surface area contributed by atoms with Crippen LogP contribution in [0.25, 0.3) is 0 Å². The molecule has 0 atom stereocenters. The lowest BCUT2D eigenvalue weighted by Crippen LogP contribution is -2.31. The Morgan fingerprint density at radius 2 is 2.42 bits per heavy atom. The molecule has 0 aliphatic heterocycles. The van der Waals surface area contributed by atoms with Crippen LogP contribution in [-0.4, -0.2) is 23.5 Å². The fraction of sp³-hybridized carbons (Fsp3) is 0.750. The fourth-order valence-electron chi connectivity index (χ4n) is 0.986. The van der Waals surface area contributed by atoms with Crippen LogP contribution in [0.5, 0.6) is 0 Å². The SMILES string of the molecule is CSC1(CNC(=O)CC#N)CC1. The zero-order valence-electron chi connectivity index (χ0n) is 7.09. The molecule has 12 heavy (non-hydrogen) atoms. The molecule has 1 amide bonds. The highest BCUT2D eigenvalue weighted by molar-refractivity contribution is 8.00. The van der Waals surface area contributed by atoms with E-state index in [0.717, 1.165) is 0 Å². The summed E-state index contributed by atoms with van der Waals surface area (Å²) < 4.78 is 0.297. The number of nitrogens with one attached hydrogen (secondary N) is 1. The summed E-state index contributed by atoms with van der Waals surface area (Å²) in [6, 6.07) is 1.82. The molecule has 0 bridgehead atoms. The number of carbonyl (C=O) groups excluding carboxylic acids is 1. The van der Waals surface area contributed by atoms with Gasteiger partial charge in [0.15, 0.2) is 0 Å². The number of amides is 1. The minimum atomic E-state index is -0.155. The highest BCUT2D eigenvalue weighted by atomic mass is 32.2. The van der Waals surface area contributed by atoms with E-state index in [2.05, 4.69) is 11.6 Å². The zero-order chi connectivity index (χ0) is 9.03. The molecule has 0 spiro atoms. The predicted octanol–water partition coefficient (Wildman–Crippen LogP) is 0.912. The zero-order valence-corrected chi connectivity index (χ0v) is 7.91. The van der Waals surface area contributed by atoms with Gasteiger partial charge in [-0.15, -0.1) is 0 Å². The normalized spacial score (nSPS) is 18.0. The molecule has 0 aromatic carbocycles. The van der Waals surface area contributed by atoms with Crippen molar-refractivity contribution in [2.45, 2.75) is 24.0 Å². The molecule has 1 aliphatic rings. The average molecular weight is 184 g/mol. The molecule has 1 aliphatic carbocycles. The molecular weight excluding hydrogens is 172 g/mol. The highest BCUT2D eigenvalue weighted by Gasteiger charge is 2.41. The molecule has 0 radical (unpaired) electrons. The Bertz CT molecular complexity index is 218. The maximum absolute atomic E-state index is 10.9. The first-order valence-corrected chi connectivity index (χ1v) is 5.14. The van der Waals surface area contributed by atoms with Gasteiger partial charge in [0.2, 0.25) is 5.91 Å². The minimum absolute atomic E-state index is 0.0234. The first-order valence-electron chi connectivity index (χ1n) is 3.91. The average Bonchev–Trinajstić information content (AvgIpc) is 2.82. The Morgan fingerprint density at radius 1 is 1.75 bits per heavy atom. The number of thioether (sulfide) groups is 1. The Kier molecular flexibility index (Phi) is 2.99. The second-order valence-corrected chi connectivity index (χ2v) is 4.27. The quantitative estimate of drug-likeness (QED) is 0.706. The molecule has 1 rings (SSSR count). The third-order valence-corrected chi connectivity index (χ3v) is 3.51. The second-order valence-electron chi connectivity index (χ2n) is 3.00. The molecule has 1 saturated carbocycles. The number of rotatable bonds is 4. The molecule has 1 fully saturated rings. The lowest BCUT2D eigenvalue weighted by atomic mass is 10.3. The van der Waals surface area contributed by atoms with Gasteiger partial charge in [-0.25, -0.2) is 0 Å². The van der Waals surface area contributed by atoms with Gasteiger partial charge >= 0.3 is 0 Å². The van der Waals surface area contributed by atoms with Crippen LogP contribution in [0.1, 0.15) is 19.3 Å². The van der Waals surface area contributed by atoms with Gasteiger partial charge in [0.1, 0.15) is 6.42 Å². The predicted molar refractivity (Wildman–Crippen MR) is 48.7 cm³/mol. The summed E-state index contributed by atoms with van der Waals surface area (Å²) in [5.74, 6) is -0.155. The summed E-state index contributed by atoms with van der Waals surface area (Å²) >= 11 is 1.80. The van der Waals surface area contributed by atoms with E-state index < -0.39 is 0 Å². The van der Waals surface area contributed by atoms with Crippen molar-refractivity contribution in [3.63, 3.8) is 0 Å². The lowest BCUT2D eigenvalue weighted by molar-refractivity contribution is -0.120. The summed E-state index contributed by atoms with van der Waals surface area (Å²) in [7, 11) is 0. The molecule has 3 nitrogen and oxygen atoms in total. The number of hydrogen-bond acceptors (Lipinski definition) is 3. The van der Waals surface area contributed by atoms with Crippen molar-refractivity contribution in [1.82, 2.24) is 5.32 Å². The van der Waals surface area contributed by atoms with Crippen LogP contribution in [0.4, 0.5) is 0 Å². The fourth-order valence-corrected chi connectivity index (χ4v) is 1.71. The van der Waals surface area contributed by atoms with Crippen molar-refractivity contribution < 1.29 is 4.79 Å². The smallest absolute Gasteiger partial charge is 0.234 e. The molecule has 0 heterocycles. The molecule has 0 saturated heterocycles. The highest BCUT2D eigenvalue weighted by Crippen LogP contribution is 2.46. The van der Waals surface area contributed by atoms with E-state index in [4.69, 9.17) is 5.26 Å². The summed E-state index contributed by atoms with van der Waals surface area (Å²) in [5.41, 5.74) is 0. The van der Waals surface area contributed by atoms with Crippen molar-refractivity contribution in [3.05, 3.63) is 0 Å². The van der Waals surface area contributed by atoms with Gasteiger partial charge in [-0.3, -0.25) is 4.79 Å². The van der Waals surface area contributed by atoms with Gasteiger partial charge in [0.25, 0.3) is 0 Å². The molecule has 0 unspecified atom stereocenters. The maximum atomic E-state index is 10.9. The Labute approximate surface area is 76.5 Å². The summed E-state index contributed by atoms with van der Waals surface area (Å²) in [6.45, 7) is 0.717. The minimum Gasteiger partial charge on any atom is -0.354 e. The van der Waals surface area contributed by atoms with E-state index >= 15 is 0 Å². The van der Waals surface area contributed by atoms with E-state index in [1.165, 1.54) is 12.8 Å². The third kappa shape index (κ3) is 2.42. The van der Waals surface area contributed by atoms with E-state index in [0.29, 0.717) is 11.3 Å². The summed E-state index contributed by atoms with van der Waals surface area (Å²) in [6.07, 6.45) is 4.40. The van der Waals surface area contributed by atoms with Crippen LogP contribution in [0, 0.1) is 11.3 Å². The van der Waals surface area contributed by atoms with Crippen molar-refractivity contribution in [2.75, 3.05) is 12.8 Å². The van der Waals surface area contributed by atoms with Crippen LogP contribution in [0.2, 0.25) is 0 Å². The van der Waals surface area contributed by atoms with Crippen LogP contribution in [0.3, 0.4) is 0 Å². The number of carbonyl (C=O) groups is 1. The third-order valence-electron chi connectivity index (χ3n) is 2.09. The van der Waals surface area contributed by atoms with Crippen LogP contribution in [-0.2, 0) is 4.79 Å². The van der Waals surface area contributed by atoms with E-state index in [1.54, 1.807) is 11.8 Å². The molecule has 66 valence electrons. The monoisotopic (exact) mass is 184 g/mol. The standard InChI is InChI=1S/C8H12N2OS/c1-12-8(3-4-8)6-10-7(11)2-5-9/h2-4,6H2,1H3,(H,10,11). The van der Waals surface area contributed by atoms with Crippen molar-refractivity contribution >= 4 is 17.7 Å². The first kappa shape index (κ1) is 9.40. The van der Waals surface area contributed by atoms with Crippen molar-refractivity contribution in [2.24, 2.45) is 0 Å². The topological polar surface area (TPSA) is 52.9 Å². The summed E-state index contributed by atoms with van der Waals surface area (Å²) in [4.78, 5) is 10.9. The van der Waals surface area contributed by atoms with Gasteiger partial charge < -0.3 is 5.32 Å². The van der Waals surface area contributed by atoms with Crippen LogP contribution >= 0.6 is 11.8 Å². The van der Waals surface area contributed by atoms with Gasteiger partial charge in [0.05, 0.1) is 6.07 Å². The lowest BCUT2D eigenvalue weighted by Gasteiger charge is -2.11. The Balaban J connectivity index is 2.18. The van der Waals surface area contributed by atoms with Crippen LogP contribution < -0.4 is 5.32 Å². The van der Waals surface area contributed by atoms with Gasteiger partial charge in [-0.2, -0.15) is 17.0 Å². The van der Waals surface area contributed by atoms with E-state index in [9.17, 15) is 4.79 Å². The molecule has 0 aromatic heterocycles. The summed E-state index contributed by atoms with van der Waals surface area (Å²) in [5, 5.41) is 11.0. The van der Waals surface area contributed by atoms with Crippen LogP contribution in [0.15, 0.2) is 0 Å². The van der Waals surface area contributed by atoms with Gasteiger partial charge in [-0.05, 0) is 19.1 Å². The van der Waals surface area contributed by atoms with Crippen molar-refractivity contribution in [1.29, 1.82) is 5.26 Å². The molecular formula is C8H12N2OS. The van der Waals surface area contributed by atoms with Gasteiger partial charge in [0, 0.05) is 11.3 Å². The second kappa shape index (κ2) is 3.81. The van der Waals surface area contributed by atoms with E-state index in [1.807, 2.05) is 6.07 Å². The van der Waals surface area contributed by atoms with Gasteiger partial charge in [-0.1, -0.05) is 0 Å². The molecule has 4 heteroatoms. The molecule has 1 N–H and O–H groups in total. The Hall–Kier alpha value is -0.690. The molecule has 0 aromatic rings. The number of nitrogens with zero attached hydrogens (tertiary/aromatic N) is 1. The van der Waals surface area contributed by atoms with E-state index in [-0.39, 0.29) is 12.3 Å². The first-order chi connectivity index (χ1) is 5.72. The maximum Gasteiger partial charge on any atom is 0.234 e. The number of nitriles is 1. The number of hydrogen-bond donors (Lipinski definition) is 1. The van der Waals surface area contributed by atoms with Crippen molar-refractivity contribution in [3.8, 4) is 6.07 Å². The Morgan fingerprint density at radius 3 is 2.83 bits per heavy atom. The largest absolute Gasteiger partial charge is 0.354 e.